The highest BCUT2D eigenvalue weighted by Crippen LogP contribution is 2.21. The molecule has 19 heavy (non-hydrogen) atoms. The molecule has 0 spiro atoms. The molecule has 1 unspecified atom stereocenters. The fourth-order valence-electron chi connectivity index (χ4n) is 2.01. The van der Waals surface area contributed by atoms with Crippen molar-refractivity contribution in [3.8, 4) is 0 Å². The highest BCUT2D eigenvalue weighted by molar-refractivity contribution is 5.28. The zero-order chi connectivity index (χ0) is 14.6. The summed E-state index contributed by atoms with van der Waals surface area (Å²) in [5.74, 6) is -0.373. The van der Waals surface area contributed by atoms with Gasteiger partial charge in [0.1, 0.15) is 5.82 Å². The number of aliphatic hydroxyl groups excluding tert-OH is 1. The molecule has 0 heterocycles. The maximum absolute atomic E-state index is 13.0. The fraction of sp³-hybridized carbons (Fsp3) is 0.571. The molecule has 0 amide bonds. The van der Waals surface area contributed by atoms with Crippen molar-refractivity contribution in [3.05, 3.63) is 35.1 Å². The van der Waals surface area contributed by atoms with E-state index in [1.165, 1.54) is 23.1 Å². The van der Waals surface area contributed by atoms with Crippen LogP contribution in [0.4, 0.5) is 13.2 Å². The van der Waals surface area contributed by atoms with Crippen LogP contribution >= 0.6 is 0 Å². The van der Waals surface area contributed by atoms with E-state index in [0.717, 1.165) is 0 Å². The summed E-state index contributed by atoms with van der Waals surface area (Å²) in [4.78, 5) is 1.51. The summed E-state index contributed by atoms with van der Waals surface area (Å²) in [6, 6.07) is 3.99. The summed E-state index contributed by atoms with van der Waals surface area (Å²) in [7, 11) is 0. The molecule has 108 valence electrons. The zero-order valence-electron chi connectivity index (χ0n) is 11.4. The van der Waals surface area contributed by atoms with Gasteiger partial charge in [-0.2, -0.15) is 0 Å². The highest BCUT2D eigenvalue weighted by Gasteiger charge is 2.20. The van der Waals surface area contributed by atoms with Crippen molar-refractivity contribution in [2.75, 3.05) is 13.1 Å². The van der Waals surface area contributed by atoms with E-state index in [-0.39, 0.29) is 24.9 Å². The van der Waals surface area contributed by atoms with Crippen LogP contribution in [0.2, 0.25) is 0 Å². The lowest BCUT2D eigenvalue weighted by Gasteiger charge is -2.28. The first-order valence-electron chi connectivity index (χ1n) is 6.27. The van der Waals surface area contributed by atoms with Gasteiger partial charge in [0.25, 0.3) is 6.43 Å². The number of aryl methyl sites for hydroxylation is 1. The van der Waals surface area contributed by atoms with Gasteiger partial charge in [-0.15, -0.1) is 0 Å². The van der Waals surface area contributed by atoms with Crippen LogP contribution in [0, 0.1) is 12.7 Å². The Kier molecular flexibility index (Phi) is 5.82. The third kappa shape index (κ3) is 4.84. The second kappa shape index (κ2) is 6.91. The lowest BCUT2D eigenvalue weighted by atomic mass is 10.0. The number of rotatable bonds is 6. The zero-order valence-corrected chi connectivity index (χ0v) is 11.4. The van der Waals surface area contributed by atoms with E-state index in [1.807, 2.05) is 0 Å². The van der Waals surface area contributed by atoms with Gasteiger partial charge in [0.2, 0.25) is 0 Å². The molecule has 5 heteroatoms. The van der Waals surface area contributed by atoms with Gasteiger partial charge in [-0.05, 0) is 44.0 Å². The molecular weight excluding hydrogens is 255 g/mol. The lowest BCUT2D eigenvalue weighted by molar-refractivity contribution is 0.0388. The van der Waals surface area contributed by atoms with Crippen molar-refractivity contribution >= 4 is 0 Å². The monoisotopic (exact) mass is 275 g/mol. The van der Waals surface area contributed by atoms with Crippen molar-refractivity contribution in [3.63, 3.8) is 0 Å². The molecule has 0 saturated heterocycles. The topological polar surface area (TPSA) is 23.5 Å². The summed E-state index contributed by atoms with van der Waals surface area (Å²) >= 11 is 0. The molecule has 0 aromatic heterocycles. The van der Waals surface area contributed by atoms with Gasteiger partial charge in [0, 0.05) is 12.6 Å². The number of benzene rings is 1. The van der Waals surface area contributed by atoms with E-state index in [0.29, 0.717) is 11.1 Å². The summed E-state index contributed by atoms with van der Waals surface area (Å²) in [5.41, 5.74) is 1.19. The number of halogens is 3. The van der Waals surface area contributed by atoms with E-state index >= 15 is 0 Å². The molecule has 1 aromatic carbocycles. The minimum Gasteiger partial charge on any atom is -0.387 e. The molecule has 0 saturated carbocycles. The van der Waals surface area contributed by atoms with Gasteiger partial charge in [-0.3, -0.25) is 4.90 Å². The van der Waals surface area contributed by atoms with Crippen LogP contribution in [0.25, 0.3) is 0 Å². The number of hydrogen-bond acceptors (Lipinski definition) is 2. The number of alkyl halides is 2. The van der Waals surface area contributed by atoms with Crippen LogP contribution in [-0.2, 0) is 0 Å². The Labute approximate surface area is 111 Å². The van der Waals surface area contributed by atoms with Gasteiger partial charge in [-0.25, -0.2) is 13.2 Å². The first kappa shape index (κ1) is 16.0. The third-order valence-corrected chi connectivity index (χ3v) is 3.10. The van der Waals surface area contributed by atoms with Crippen molar-refractivity contribution in [1.82, 2.24) is 4.90 Å². The Morgan fingerprint density at radius 2 is 1.84 bits per heavy atom. The number of nitrogens with zero attached hydrogens (tertiary/aromatic N) is 1. The van der Waals surface area contributed by atoms with Gasteiger partial charge in [-0.1, -0.05) is 6.07 Å². The largest absolute Gasteiger partial charge is 0.387 e. The molecule has 0 aliphatic heterocycles. The molecule has 1 N–H and O–H groups in total. The van der Waals surface area contributed by atoms with Crippen molar-refractivity contribution < 1.29 is 18.3 Å². The predicted molar refractivity (Wildman–Crippen MR) is 68.8 cm³/mol. The quantitative estimate of drug-likeness (QED) is 0.862. The Morgan fingerprint density at radius 3 is 2.32 bits per heavy atom. The van der Waals surface area contributed by atoms with Gasteiger partial charge < -0.3 is 5.11 Å². The van der Waals surface area contributed by atoms with E-state index < -0.39 is 12.5 Å². The molecule has 1 atom stereocenters. The van der Waals surface area contributed by atoms with Crippen LogP contribution in [0.3, 0.4) is 0 Å². The summed E-state index contributed by atoms with van der Waals surface area (Å²) < 4.78 is 37.9. The molecule has 0 aliphatic carbocycles. The molecule has 1 rings (SSSR count). The predicted octanol–water partition coefficient (Wildman–Crippen LogP) is 3.14. The summed E-state index contributed by atoms with van der Waals surface area (Å²) in [6.07, 6.45) is -3.34. The first-order valence-corrected chi connectivity index (χ1v) is 6.27. The lowest BCUT2D eigenvalue weighted by Crippen LogP contribution is -2.38. The normalized spacial score (nSPS) is 13.6. The maximum Gasteiger partial charge on any atom is 0.251 e. The summed E-state index contributed by atoms with van der Waals surface area (Å²) in [5, 5.41) is 10.1. The Hall–Kier alpha value is -1.07. The third-order valence-electron chi connectivity index (χ3n) is 3.10. The Balaban J connectivity index is 2.78. The fourth-order valence-corrected chi connectivity index (χ4v) is 2.01. The van der Waals surface area contributed by atoms with Crippen LogP contribution < -0.4 is 0 Å². The smallest absolute Gasteiger partial charge is 0.251 e. The Morgan fingerprint density at radius 1 is 1.21 bits per heavy atom. The number of hydrogen-bond donors (Lipinski definition) is 1. The van der Waals surface area contributed by atoms with Crippen molar-refractivity contribution in [1.29, 1.82) is 0 Å². The van der Waals surface area contributed by atoms with E-state index in [4.69, 9.17) is 0 Å². The highest BCUT2D eigenvalue weighted by atomic mass is 19.3. The second-order valence-corrected chi connectivity index (χ2v) is 4.96. The van der Waals surface area contributed by atoms with Crippen molar-refractivity contribution in [2.45, 2.75) is 39.3 Å². The average Bonchev–Trinajstić information content (AvgIpc) is 2.26. The standard InChI is InChI=1S/C14H20F3NO/c1-9(2)18(8-14(16)17)7-13(19)12-5-4-11(15)6-10(12)3/h4-6,9,13-14,19H,7-8H2,1-3H3. The van der Waals surface area contributed by atoms with Gasteiger partial charge in [0.15, 0.2) is 0 Å². The van der Waals surface area contributed by atoms with Crippen LogP contribution in [0.1, 0.15) is 31.1 Å². The minimum absolute atomic E-state index is 0.0931. The SMILES string of the molecule is Cc1cc(F)ccc1C(O)CN(CC(F)F)C(C)C. The molecule has 0 bridgehead atoms. The van der Waals surface area contributed by atoms with E-state index in [9.17, 15) is 18.3 Å². The molecule has 0 fully saturated rings. The van der Waals surface area contributed by atoms with Crippen LogP contribution in [0.5, 0.6) is 0 Å². The average molecular weight is 275 g/mol. The second-order valence-electron chi connectivity index (χ2n) is 4.96. The van der Waals surface area contributed by atoms with Gasteiger partial charge >= 0.3 is 0 Å². The molecule has 0 radical (unpaired) electrons. The molecule has 2 nitrogen and oxygen atoms in total. The summed E-state index contributed by atoms with van der Waals surface area (Å²) in [6.45, 7) is 5.01. The van der Waals surface area contributed by atoms with E-state index in [1.54, 1.807) is 20.8 Å². The molecule has 0 aliphatic rings. The maximum atomic E-state index is 13.0. The molecule has 1 aromatic rings. The van der Waals surface area contributed by atoms with Gasteiger partial charge in [0.05, 0.1) is 12.6 Å². The first-order chi connectivity index (χ1) is 8.81. The Bertz CT molecular complexity index is 410. The van der Waals surface area contributed by atoms with E-state index in [2.05, 4.69) is 0 Å². The van der Waals surface area contributed by atoms with Crippen LogP contribution in [-0.4, -0.2) is 35.6 Å². The minimum atomic E-state index is -2.44. The molecular formula is C14H20F3NO. The number of aliphatic hydroxyl groups is 1. The van der Waals surface area contributed by atoms with Crippen LogP contribution in [0.15, 0.2) is 18.2 Å². The van der Waals surface area contributed by atoms with Crippen molar-refractivity contribution in [2.24, 2.45) is 0 Å².